The Balaban J connectivity index is 1.45. The molecule has 0 radical (unpaired) electrons. The summed E-state index contributed by atoms with van der Waals surface area (Å²) in [4.78, 5) is 13.9. The summed E-state index contributed by atoms with van der Waals surface area (Å²) in [5.41, 5.74) is 1.03. The number of para-hydroxylation sites is 1. The highest BCUT2D eigenvalue weighted by Crippen LogP contribution is 2.21. The van der Waals surface area contributed by atoms with E-state index in [1.807, 2.05) is 61.6 Å². The molecular formula is C20H24N2O3. The van der Waals surface area contributed by atoms with Crippen molar-refractivity contribution in [2.45, 2.75) is 13.0 Å². The van der Waals surface area contributed by atoms with Crippen LogP contribution in [0.15, 0.2) is 54.6 Å². The van der Waals surface area contributed by atoms with Gasteiger partial charge < -0.3 is 19.7 Å². The van der Waals surface area contributed by atoms with Crippen molar-refractivity contribution >= 4 is 6.03 Å². The monoisotopic (exact) mass is 340 g/mol. The standard InChI is InChI=1S/C20H24N2O3/c1-22(14-17-11-12-24-15-17)20(23)21-13-16-7-9-19(10-8-16)25-18-5-3-2-4-6-18/h2-10,17H,11-15H2,1H3,(H,21,23). The fourth-order valence-electron chi connectivity index (χ4n) is 2.81. The molecule has 1 unspecified atom stereocenters. The first-order valence-electron chi connectivity index (χ1n) is 8.59. The van der Waals surface area contributed by atoms with E-state index in [1.54, 1.807) is 4.90 Å². The van der Waals surface area contributed by atoms with Gasteiger partial charge >= 0.3 is 6.03 Å². The van der Waals surface area contributed by atoms with Gasteiger partial charge in [0.25, 0.3) is 0 Å². The summed E-state index contributed by atoms with van der Waals surface area (Å²) in [6, 6.07) is 17.3. The molecule has 1 saturated heterocycles. The molecule has 0 bridgehead atoms. The van der Waals surface area contributed by atoms with Crippen LogP contribution in [-0.2, 0) is 11.3 Å². The van der Waals surface area contributed by atoms with E-state index in [-0.39, 0.29) is 6.03 Å². The predicted octanol–water partition coefficient (Wildman–Crippen LogP) is 3.66. The minimum absolute atomic E-state index is 0.0588. The van der Waals surface area contributed by atoms with Gasteiger partial charge in [-0.25, -0.2) is 4.79 Å². The zero-order valence-corrected chi connectivity index (χ0v) is 14.5. The smallest absolute Gasteiger partial charge is 0.317 e. The molecule has 5 heteroatoms. The molecule has 0 aliphatic carbocycles. The Hall–Kier alpha value is -2.53. The highest BCUT2D eigenvalue weighted by atomic mass is 16.5. The van der Waals surface area contributed by atoms with E-state index in [2.05, 4.69) is 5.32 Å². The fraction of sp³-hybridized carbons (Fsp3) is 0.350. The molecule has 2 amide bonds. The molecule has 1 aliphatic rings. The predicted molar refractivity (Wildman–Crippen MR) is 96.7 cm³/mol. The van der Waals surface area contributed by atoms with Gasteiger partial charge in [-0.2, -0.15) is 0 Å². The zero-order chi connectivity index (χ0) is 17.5. The lowest BCUT2D eigenvalue weighted by atomic mass is 10.1. The highest BCUT2D eigenvalue weighted by Gasteiger charge is 2.19. The van der Waals surface area contributed by atoms with Gasteiger partial charge in [-0.1, -0.05) is 30.3 Å². The number of hydrogen-bond donors (Lipinski definition) is 1. The van der Waals surface area contributed by atoms with Crippen molar-refractivity contribution in [3.05, 3.63) is 60.2 Å². The van der Waals surface area contributed by atoms with Crippen LogP contribution in [0.1, 0.15) is 12.0 Å². The molecule has 1 heterocycles. The topological polar surface area (TPSA) is 50.8 Å². The van der Waals surface area contributed by atoms with E-state index < -0.39 is 0 Å². The number of hydrogen-bond acceptors (Lipinski definition) is 3. The Bertz CT molecular complexity index is 667. The normalized spacial score (nSPS) is 16.4. The van der Waals surface area contributed by atoms with Crippen LogP contribution in [0, 0.1) is 5.92 Å². The first-order valence-corrected chi connectivity index (χ1v) is 8.59. The molecule has 0 spiro atoms. The maximum absolute atomic E-state index is 12.2. The number of ether oxygens (including phenoxy) is 2. The second-order valence-corrected chi connectivity index (χ2v) is 6.33. The van der Waals surface area contributed by atoms with Crippen LogP contribution in [0.5, 0.6) is 11.5 Å². The van der Waals surface area contributed by atoms with Gasteiger partial charge in [-0.3, -0.25) is 0 Å². The number of benzene rings is 2. The molecule has 0 saturated carbocycles. The zero-order valence-electron chi connectivity index (χ0n) is 14.5. The van der Waals surface area contributed by atoms with Crippen molar-refractivity contribution in [2.75, 3.05) is 26.8 Å². The number of nitrogens with zero attached hydrogens (tertiary/aromatic N) is 1. The minimum Gasteiger partial charge on any atom is -0.457 e. The third kappa shape index (κ3) is 5.22. The van der Waals surface area contributed by atoms with Crippen molar-refractivity contribution in [1.29, 1.82) is 0 Å². The molecule has 1 fully saturated rings. The van der Waals surface area contributed by atoms with Gasteiger partial charge in [0, 0.05) is 32.7 Å². The molecule has 3 rings (SSSR count). The molecule has 5 nitrogen and oxygen atoms in total. The van der Waals surface area contributed by atoms with Gasteiger partial charge in [-0.05, 0) is 36.2 Å². The summed E-state index contributed by atoms with van der Waals surface area (Å²) in [7, 11) is 1.82. The molecule has 25 heavy (non-hydrogen) atoms. The number of rotatable bonds is 6. The lowest BCUT2D eigenvalue weighted by Crippen LogP contribution is -2.39. The number of nitrogens with one attached hydrogen (secondary N) is 1. The second kappa shape index (κ2) is 8.53. The fourth-order valence-corrected chi connectivity index (χ4v) is 2.81. The maximum atomic E-state index is 12.2. The van der Waals surface area contributed by atoms with Crippen LogP contribution in [0.25, 0.3) is 0 Å². The summed E-state index contributed by atoms with van der Waals surface area (Å²) in [6.07, 6.45) is 1.03. The molecule has 132 valence electrons. The highest BCUT2D eigenvalue weighted by molar-refractivity contribution is 5.73. The molecule has 1 aliphatic heterocycles. The number of carbonyl (C=O) groups is 1. The SMILES string of the molecule is CN(CC1CCOC1)C(=O)NCc1ccc(Oc2ccccc2)cc1. The molecule has 1 N–H and O–H groups in total. The Kier molecular flexibility index (Phi) is 5.90. The maximum Gasteiger partial charge on any atom is 0.317 e. The lowest BCUT2D eigenvalue weighted by Gasteiger charge is -2.21. The van der Waals surface area contributed by atoms with Gasteiger partial charge in [0.2, 0.25) is 0 Å². The molecule has 2 aromatic carbocycles. The summed E-state index contributed by atoms with van der Waals surface area (Å²) >= 11 is 0. The van der Waals surface area contributed by atoms with Crippen molar-refractivity contribution < 1.29 is 14.3 Å². The van der Waals surface area contributed by atoms with E-state index >= 15 is 0 Å². The van der Waals surface area contributed by atoms with E-state index in [0.29, 0.717) is 12.5 Å². The third-order valence-electron chi connectivity index (χ3n) is 4.25. The largest absolute Gasteiger partial charge is 0.457 e. The minimum atomic E-state index is -0.0588. The van der Waals surface area contributed by atoms with E-state index in [0.717, 1.165) is 43.2 Å². The average molecular weight is 340 g/mol. The molecule has 1 atom stereocenters. The van der Waals surface area contributed by atoms with Crippen LogP contribution in [0.2, 0.25) is 0 Å². The van der Waals surface area contributed by atoms with E-state index in [4.69, 9.17) is 9.47 Å². The quantitative estimate of drug-likeness (QED) is 0.873. The summed E-state index contributed by atoms with van der Waals surface area (Å²) < 4.78 is 11.1. The van der Waals surface area contributed by atoms with Crippen molar-refractivity contribution in [1.82, 2.24) is 10.2 Å². The van der Waals surface area contributed by atoms with Gasteiger partial charge in [0.05, 0.1) is 6.61 Å². The van der Waals surface area contributed by atoms with Crippen molar-refractivity contribution in [3.8, 4) is 11.5 Å². The van der Waals surface area contributed by atoms with Gasteiger partial charge in [0.1, 0.15) is 11.5 Å². The third-order valence-corrected chi connectivity index (χ3v) is 4.25. The van der Waals surface area contributed by atoms with Crippen LogP contribution < -0.4 is 10.1 Å². The Morgan fingerprint density at radius 2 is 1.88 bits per heavy atom. The number of amides is 2. The first kappa shape index (κ1) is 17.3. The number of urea groups is 1. The van der Waals surface area contributed by atoms with Crippen LogP contribution in [-0.4, -0.2) is 37.7 Å². The Morgan fingerprint density at radius 3 is 2.56 bits per heavy atom. The lowest BCUT2D eigenvalue weighted by molar-refractivity contribution is 0.171. The van der Waals surface area contributed by atoms with Crippen LogP contribution >= 0.6 is 0 Å². The van der Waals surface area contributed by atoms with Crippen molar-refractivity contribution in [3.63, 3.8) is 0 Å². The summed E-state index contributed by atoms with van der Waals surface area (Å²) in [6.45, 7) is 2.78. The first-order chi connectivity index (χ1) is 12.2. The second-order valence-electron chi connectivity index (χ2n) is 6.33. The Labute approximate surface area is 148 Å². The summed E-state index contributed by atoms with van der Waals surface area (Å²) in [5, 5.41) is 2.95. The van der Waals surface area contributed by atoms with Gasteiger partial charge in [0.15, 0.2) is 0 Å². The Morgan fingerprint density at radius 1 is 1.16 bits per heavy atom. The van der Waals surface area contributed by atoms with Gasteiger partial charge in [-0.15, -0.1) is 0 Å². The molecule has 0 aromatic heterocycles. The summed E-state index contributed by atoms with van der Waals surface area (Å²) in [5.74, 6) is 2.03. The average Bonchev–Trinajstić information content (AvgIpc) is 3.14. The molecular weight excluding hydrogens is 316 g/mol. The van der Waals surface area contributed by atoms with E-state index in [9.17, 15) is 4.79 Å². The number of carbonyl (C=O) groups excluding carboxylic acids is 1. The molecule has 2 aromatic rings. The van der Waals surface area contributed by atoms with Crippen LogP contribution in [0.4, 0.5) is 4.79 Å². The van der Waals surface area contributed by atoms with E-state index in [1.165, 1.54) is 0 Å². The van der Waals surface area contributed by atoms with Crippen molar-refractivity contribution in [2.24, 2.45) is 5.92 Å². The van der Waals surface area contributed by atoms with Crippen LogP contribution in [0.3, 0.4) is 0 Å².